The maximum Gasteiger partial charge on any atom is 0.304 e. The summed E-state index contributed by atoms with van der Waals surface area (Å²) in [7, 11) is 0. The number of fused-ring (bicyclic) bond motifs is 1. The molecule has 0 unspecified atom stereocenters. The minimum atomic E-state index is -1.64. The van der Waals surface area contributed by atoms with E-state index in [9.17, 15) is 19.2 Å². The van der Waals surface area contributed by atoms with Crippen molar-refractivity contribution >= 4 is 36.5 Å². The highest BCUT2D eigenvalue weighted by Gasteiger charge is 2.62. The van der Waals surface area contributed by atoms with Crippen molar-refractivity contribution in [2.45, 2.75) is 50.9 Å². The van der Waals surface area contributed by atoms with Gasteiger partial charge in [-0.3, -0.25) is 29.1 Å². The molecule has 0 aromatic heterocycles. The lowest BCUT2D eigenvalue weighted by Crippen LogP contribution is -2.65. The summed E-state index contributed by atoms with van der Waals surface area (Å²) in [6.45, 7) is 3.16. The molecule has 1 N–H and O–H groups in total. The summed E-state index contributed by atoms with van der Waals surface area (Å²) < 4.78 is 21.6. The molecule has 0 bridgehead atoms. The van der Waals surface area contributed by atoms with Gasteiger partial charge >= 0.3 is 17.9 Å². The number of aliphatic imine (C=N–C) groups is 2. The summed E-state index contributed by atoms with van der Waals surface area (Å²) in [4.78, 5) is 56.6. The molecule has 0 radical (unpaired) electrons. The van der Waals surface area contributed by atoms with Crippen LogP contribution in [0, 0.1) is 0 Å². The molecule has 0 spiro atoms. The Hall–Kier alpha value is -3.02. The lowest BCUT2D eigenvalue weighted by Gasteiger charge is -2.42. The van der Waals surface area contributed by atoms with E-state index < -0.39 is 48.0 Å². The van der Waals surface area contributed by atoms with E-state index in [2.05, 4.69) is 15.3 Å². The summed E-state index contributed by atoms with van der Waals surface area (Å²) in [6, 6.07) is -0.858. The Labute approximate surface area is 159 Å². The topological polar surface area (TPSA) is 145 Å². The molecule has 3 rings (SSSR count). The number of hydrogen-bond donors (Lipinski definition) is 1. The van der Waals surface area contributed by atoms with Crippen molar-refractivity contribution in [2.75, 3.05) is 13.2 Å². The summed E-state index contributed by atoms with van der Waals surface area (Å²) in [5, 5.41) is 2.45. The van der Waals surface area contributed by atoms with E-state index in [1.54, 1.807) is 0 Å². The van der Waals surface area contributed by atoms with E-state index >= 15 is 0 Å². The van der Waals surface area contributed by atoms with Gasteiger partial charge in [-0.1, -0.05) is 0 Å². The molecule has 28 heavy (non-hydrogen) atoms. The molecule has 3 heterocycles. The van der Waals surface area contributed by atoms with E-state index in [0.717, 1.165) is 0 Å². The number of carbonyl (C=O) groups excluding carboxylic acids is 4. The van der Waals surface area contributed by atoms with Gasteiger partial charge in [0, 0.05) is 20.8 Å². The van der Waals surface area contributed by atoms with Gasteiger partial charge in [0.1, 0.15) is 19.3 Å². The van der Waals surface area contributed by atoms with Crippen molar-refractivity contribution in [2.24, 2.45) is 9.98 Å². The zero-order valence-electron chi connectivity index (χ0n) is 15.5. The van der Waals surface area contributed by atoms with Crippen LogP contribution in [0.3, 0.4) is 0 Å². The summed E-state index contributed by atoms with van der Waals surface area (Å²) >= 11 is 0. The number of ether oxygens (including phenoxy) is 4. The number of nitrogens with one attached hydrogen (secondary N) is 1. The van der Waals surface area contributed by atoms with Crippen LogP contribution in [0.1, 0.15) is 20.8 Å². The van der Waals surface area contributed by atoms with Gasteiger partial charge in [0.15, 0.2) is 18.3 Å². The lowest BCUT2D eigenvalue weighted by molar-refractivity contribution is -0.205. The molecule has 12 nitrogen and oxygen atoms in total. The third kappa shape index (κ3) is 3.54. The molecule has 152 valence electrons. The molecule has 0 saturated carbocycles. The van der Waals surface area contributed by atoms with Crippen molar-refractivity contribution in [3.8, 4) is 0 Å². The van der Waals surface area contributed by atoms with Crippen molar-refractivity contribution in [1.29, 1.82) is 0 Å². The minimum absolute atomic E-state index is 0.219. The molecule has 1 saturated heterocycles. The Bertz CT molecular complexity index is 753. The first-order valence-corrected chi connectivity index (χ1v) is 8.50. The van der Waals surface area contributed by atoms with Crippen LogP contribution in [0.15, 0.2) is 9.98 Å². The first kappa shape index (κ1) is 19.7. The van der Waals surface area contributed by atoms with E-state index in [1.807, 2.05) is 0 Å². The van der Waals surface area contributed by atoms with Gasteiger partial charge in [-0.05, 0) is 0 Å². The molecule has 0 aromatic rings. The van der Waals surface area contributed by atoms with Crippen LogP contribution < -0.4 is 5.32 Å². The molecule has 0 aromatic carbocycles. The average Bonchev–Trinajstić information content (AvgIpc) is 3.16. The van der Waals surface area contributed by atoms with Crippen LogP contribution in [0.25, 0.3) is 0 Å². The number of carbonyl (C=O) groups is 4. The number of hydrogen-bond acceptors (Lipinski definition) is 11. The van der Waals surface area contributed by atoms with Crippen molar-refractivity contribution in [3.63, 3.8) is 0 Å². The largest absolute Gasteiger partial charge is 0.463 e. The van der Waals surface area contributed by atoms with Gasteiger partial charge < -0.3 is 24.3 Å². The number of amides is 1. The van der Waals surface area contributed by atoms with Gasteiger partial charge in [0.25, 0.3) is 11.6 Å². The van der Waals surface area contributed by atoms with Crippen LogP contribution in [0.4, 0.5) is 0 Å². The lowest BCUT2D eigenvalue weighted by atomic mass is 10.0. The average molecular weight is 396 g/mol. The Morgan fingerprint density at radius 3 is 2.64 bits per heavy atom. The van der Waals surface area contributed by atoms with Crippen molar-refractivity contribution < 1.29 is 38.1 Å². The Balaban J connectivity index is 1.98. The van der Waals surface area contributed by atoms with Crippen LogP contribution in [0.5, 0.6) is 0 Å². The maximum absolute atomic E-state index is 12.0. The fraction of sp³-hybridized carbons (Fsp3) is 0.625. The second-order valence-corrected chi connectivity index (χ2v) is 6.44. The molecular formula is C16H20N4O8. The van der Waals surface area contributed by atoms with Gasteiger partial charge in [-0.2, -0.15) is 0 Å². The number of esters is 3. The molecule has 1 fully saturated rings. The Morgan fingerprint density at radius 1 is 1.25 bits per heavy atom. The quantitative estimate of drug-likeness (QED) is 0.426. The number of nitrogens with zero attached hydrogens (tertiary/aromatic N) is 3. The normalized spacial score (nSPS) is 33.2. The zero-order valence-corrected chi connectivity index (χ0v) is 15.5. The van der Waals surface area contributed by atoms with Crippen molar-refractivity contribution in [1.82, 2.24) is 10.2 Å². The SMILES string of the molecule is CC(=O)OC[C@H]1OC[C@@](OC(C)=O)(N2C=N[C@H]3C(=O)NC=N[C@@H]32)[C@@H]1OC(C)=O. The fourth-order valence-electron chi connectivity index (χ4n) is 3.36. The van der Waals surface area contributed by atoms with E-state index in [1.165, 1.54) is 38.3 Å². The summed E-state index contributed by atoms with van der Waals surface area (Å²) in [5.41, 5.74) is -1.64. The first-order chi connectivity index (χ1) is 13.2. The molecule has 5 atom stereocenters. The second-order valence-electron chi connectivity index (χ2n) is 6.44. The van der Waals surface area contributed by atoms with Crippen molar-refractivity contribution in [3.05, 3.63) is 0 Å². The minimum Gasteiger partial charge on any atom is -0.463 e. The van der Waals surface area contributed by atoms with E-state index in [-0.39, 0.29) is 19.1 Å². The molecular weight excluding hydrogens is 376 g/mol. The first-order valence-electron chi connectivity index (χ1n) is 8.50. The Morgan fingerprint density at radius 2 is 2.00 bits per heavy atom. The highest BCUT2D eigenvalue weighted by Crippen LogP contribution is 2.38. The van der Waals surface area contributed by atoms with E-state index in [4.69, 9.17) is 18.9 Å². The molecule has 1 amide bonds. The van der Waals surface area contributed by atoms with E-state index in [0.29, 0.717) is 0 Å². The zero-order chi connectivity index (χ0) is 20.5. The third-order valence-electron chi connectivity index (χ3n) is 4.41. The standard InChI is InChI=1S/C16H20N4O8/c1-8(21)25-4-11-13(27-9(2)22)16(5-26-11,28-10(3)23)20-7-19-12-14(20)17-6-18-15(12)24/h6-7,11-14H,4-5H2,1-3H3,(H,17,18,24)/t11-,12-,13-,14-,16+/m1/s1. The number of rotatable bonds is 5. The molecule has 0 aliphatic carbocycles. The van der Waals surface area contributed by atoms with Crippen LogP contribution >= 0.6 is 0 Å². The second kappa shape index (κ2) is 7.54. The van der Waals surface area contributed by atoms with Gasteiger partial charge in [0.2, 0.25) is 0 Å². The van der Waals surface area contributed by atoms with Gasteiger partial charge in [-0.25, -0.2) is 4.99 Å². The fourth-order valence-corrected chi connectivity index (χ4v) is 3.36. The molecule has 3 aliphatic heterocycles. The third-order valence-corrected chi connectivity index (χ3v) is 4.41. The monoisotopic (exact) mass is 396 g/mol. The molecule has 12 heteroatoms. The highest BCUT2D eigenvalue weighted by atomic mass is 16.7. The summed E-state index contributed by atoms with van der Waals surface area (Å²) in [6.07, 6.45) is -0.337. The smallest absolute Gasteiger partial charge is 0.304 e. The summed E-state index contributed by atoms with van der Waals surface area (Å²) in [5.74, 6) is -2.25. The van der Waals surface area contributed by atoms with Crippen LogP contribution in [0.2, 0.25) is 0 Å². The highest BCUT2D eigenvalue weighted by molar-refractivity contribution is 5.96. The van der Waals surface area contributed by atoms with Crippen LogP contribution in [-0.4, -0.2) is 84.7 Å². The van der Waals surface area contributed by atoms with Gasteiger partial charge in [-0.15, -0.1) is 0 Å². The predicted octanol–water partition coefficient (Wildman–Crippen LogP) is -1.66. The maximum atomic E-state index is 12.0. The van der Waals surface area contributed by atoms with Crippen LogP contribution in [-0.2, 0) is 38.1 Å². The predicted molar refractivity (Wildman–Crippen MR) is 91.0 cm³/mol. The molecule has 3 aliphatic rings. The van der Waals surface area contributed by atoms with Gasteiger partial charge in [0.05, 0.1) is 12.7 Å². The Kier molecular flexibility index (Phi) is 5.31.